The van der Waals surface area contributed by atoms with E-state index in [1.54, 1.807) is 18.2 Å². The number of ether oxygens (including phenoxy) is 1. The summed E-state index contributed by atoms with van der Waals surface area (Å²) < 4.78 is 74.9. The van der Waals surface area contributed by atoms with Crippen molar-refractivity contribution < 1.29 is 26.0 Å². The van der Waals surface area contributed by atoms with Gasteiger partial charge >= 0.3 is 0 Å². The zero-order valence-electron chi connectivity index (χ0n) is 19.9. The van der Waals surface area contributed by atoms with Crippen molar-refractivity contribution in [2.24, 2.45) is 0 Å². The number of halogens is 1. The Bertz CT molecular complexity index is 1260. The molecule has 2 saturated heterocycles. The molecule has 0 atom stereocenters. The molecule has 4 rings (SSSR count). The number of hydrogen-bond donors (Lipinski definition) is 0. The number of rotatable bonds is 7. The van der Waals surface area contributed by atoms with Crippen LogP contribution in [0.15, 0.2) is 52.3 Å². The number of hydrogen-bond acceptors (Lipinski definition) is 7. The van der Waals surface area contributed by atoms with E-state index in [-0.39, 0.29) is 22.9 Å². The van der Waals surface area contributed by atoms with Crippen LogP contribution in [-0.4, -0.2) is 96.4 Å². The van der Waals surface area contributed by atoms with Crippen LogP contribution in [0.5, 0.6) is 5.75 Å². The van der Waals surface area contributed by atoms with E-state index < -0.39 is 25.9 Å². The Morgan fingerprint density at radius 1 is 0.829 bits per heavy atom. The minimum absolute atomic E-state index is 0.135. The maximum Gasteiger partial charge on any atom is 0.246 e. The second-order valence-electron chi connectivity index (χ2n) is 8.49. The third-order valence-electron chi connectivity index (χ3n) is 6.60. The van der Waals surface area contributed by atoms with Crippen LogP contribution < -0.4 is 9.64 Å². The molecule has 35 heavy (non-hydrogen) atoms. The van der Waals surface area contributed by atoms with Crippen molar-refractivity contribution in [1.29, 1.82) is 0 Å². The SMILES string of the molecule is CCN1CCN(S(=O)(=O)c2ccc(OC)c(N3CCN(S(=O)(=O)c4ccccc4F)CC3)c2)CC1. The molecule has 2 aliphatic rings. The Kier molecular flexibility index (Phi) is 7.67. The quantitative estimate of drug-likeness (QED) is 0.542. The van der Waals surface area contributed by atoms with Crippen LogP contribution in [0.1, 0.15) is 6.92 Å². The highest BCUT2D eigenvalue weighted by molar-refractivity contribution is 7.89. The molecule has 0 radical (unpaired) electrons. The fourth-order valence-corrected chi connectivity index (χ4v) is 7.40. The monoisotopic (exact) mass is 526 g/mol. The molecule has 12 heteroatoms. The second kappa shape index (κ2) is 10.4. The van der Waals surface area contributed by atoms with E-state index in [4.69, 9.17) is 4.74 Å². The van der Waals surface area contributed by atoms with Crippen molar-refractivity contribution in [1.82, 2.24) is 13.5 Å². The van der Waals surface area contributed by atoms with Crippen molar-refractivity contribution in [3.05, 3.63) is 48.3 Å². The molecule has 2 aliphatic heterocycles. The number of sulfonamides is 2. The molecular formula is C23H31FN4O5S2. The summed E-state index contributed by atoms with van der Waals surface area (Å²) in [6, 6.07) is 10.1. The van der Waals surface area contributed by atoms with Gasteiger partial charge in [-0.15, -0.1) is 0 Å². The molecule has 2 aromatic carbocycles. The van der Waals surface area contributed by atoms with Crippen molar-refractivity contribution >= 4 is 25.7 Å². The molecule has 0 bridgehead atoms. The van der Waals surface area contributed by atoms with E-state index in [0.29, 0.717) is 50.7 Å². The highest BCUT2D eigenvalue weighted by Crippen LogP contribution is 2.33. The third kappa shape index (κ3) is 5.17. The number of methoxy groups -OCH3 is 1. The fraction of sp³-hybridized carbons (Fsp3) is 0.478. The summed E-state index contributed by atoms with van der Waals surface area (Å²) in [6.07, 6.45) is 0. The number of anilines is 1. The maximum absolute atomic E-state index is 14.1. The lowest BCUT2D eigenvalue weighted by Gasteiger charge is -2.36. The fourth-order valence-electron chi connectivity index (χ4n) is 4.47. The van der Waals surface area contributed by atoms with Crippen LogP contribution in [-0.2, 0) is 20.0 Å². The molecule has 0 aliphatic carbocycles. The van der Waals surface area contributed by atoms with Gasteiger partial charge in [-0.1, -0.05) is 19.1 Å². The van der Waals surface area contributed by atoms with Crippen LogP contribution in [0.3, 0.4) is 0 Å². The summed E-state index contributed by atoms with van der Waals surface area (Å²) >= 11 is 0. The summed E-state index contributed by atoms with van der Waals surface area (Å²) in [5.41, 5.74) is 0.587. The standard InChI is InChI=1S/C23H31FN4O5S2/c1-3-25-10-14-27(15-11-25)34(29,30)19-8-9-22(33-2)21(18-19)26-12-16-28(17-13-26)35(31,32)23-7-5-4-6-20(23)24/h4-9,18H,3,10-17H2,1-2H3. The molecule has 0 spiro atoms. The van der Waals surface area contributed by atoms with Gasteiger partial charge in [-0.05, 0) is 36.9 Å². The summed E-state index contributed by atoms with van der Waals surface area (Å²) in [4.78, 5) is 3.95. The molecule has 2 fully saturated rings. The van der Waals surface area contributed by atoms with E-state index in [2.05, 4.69) is 11.8 Å². The molecule has 0 N–H and O–H groups in total. The minimum Gasteiger partial charge on any atom is -0.495 e. The van der Waals surface area contributed by atoms with E-state index in [0.717, 1.165) is 12.6 Å². The largest absolute Gasteiger partial charge is 0.495 e. The number of piperazine rings is 2. The Morgan fingerprint density at radius 2 is 1.43 bits per heavy atom. The van der Waals surface area contributed by atoms with Gasteiger partial charge in [0.15, 0.2) is 0 Å². The van der Waals surface area contributed by atoms with Gasteiger partial charge in [-0.2, -0.15) is 8.61 Å². The van der Waals surface area contributed by atoms with Crippen LogP contribution in [0.2, 0.25) is 0 Å². The lowest BCUT2D eigenvalue weighted by Crippen LogP contribution is -2.49. The topological polar surface area (TPSA) is 90.5 Å². The first kappa shape index (κ1) is 25.8. The van der Waals surface area contributed by atoms with Crippen molar-refractivity contribution in [2.75, 3.05) is 70.9 Å². The summed E-state index contributed by atoms with van der Waals surface area (Å²) in [5.74, 6) is -0.278. The Hall–Kier alpha value is -2.25. The number of benzene rings is 2. The highest BCUT2D eigenvalue weighted by Gasteiger charge is 2.33. The van der Waals surface area contributed by atoms with Crippen molar-refractivity contribution in [3.8, 4) is 5.75 Å². The first-order valence-electron chi connectivity index (χ1n) is 11.6. The maximum atomic E-state index is 14.1. The molecule has 2 heterocycles. The minimum atomic E-state index is -3.97. The summed E-state index contributed by atoms with van der Waals surface area (Å²) in [7, 11) is -6.14. The van der Waals surface area contributed by atoms with Gasteiger partial charge in [0.2, 0.25) is 20.0 Å². The average molecular weight is 527 g/mol. The molecule has 0 aromatic heterocycles. The Balaban J connectivity index is 1.53. The Morgan fingerprint density at radius 3 is 2.03 bits per heavy atom. The van der Waals surface area contributed by atoms with Crippen LogP contribution in [0.4, 0.5) is 10.1 Å². The van der Waals surface area contributed by atoms with E-state index in [1.807, 2.05) is 4.90 Å². The number of nitrogens with zero attached hydrogens (tertiary/aromatic N) is 4. The average Bonchev–Trinajstić information content (AvgIpc) is 2.88. The predicted octanol–water partition coefficient (Wildman–Crippen LogP) is 1.67. The summed E-state index contributed by atoms with van der Waals surface area (Å²) in [5, 5.41) is 0. The van der Waals surface area contributed by atoms with Crippen molar-refractivity contribution in [2.45, 2.75) is 16.7 Å². The van der Waals surface area contributed by atoms with Gasteiger partial charge < -0.3 is 14.5 Å². The molecule has 192 valence electrons. The van der Waals surface area contributed by atoms with Crippen LogP contribution >= 0.6 is 0 Å². The predicted molar refractivity (Wildman–Crippen MR) is 131 cm³/mol. The van der Waals surface area contributed by atoms with E-state index in [1.165, 1.54) is 33.9 Å². The zero-order chi connectivity index (χ0) is 25.2. The first-order chi connectivity index (χ1) is 16.7. The second-order valence-corrected chi connectivity index (χ2v) is 12.3. The molecule has 9 nitrogen and oxygen atoms in total. The lowest BCUT2D eigenvalue weighted by molar-refractivity contribution is 0.196. The molecular weight excluding hydrogens is 495 g/mol. The lowest BCUT2D eigenvalue weighted by atomic mass is 10.2. The third-order valence-corrected chi connectivity index (χ3v) is 10.4. The van der Waals surface area contributed by atoms with Gasteiger partial charge in [-0.25, -0.2) is 21.2 Å². The number of likely N-dealkylation sites (N-methyl/N-ethyl adjacent to an activating group) is 1. The highest BCUT2D eigenvalue weighted by atomic mass is 32.2. The normalized spacial score (nSPS) is 19.1. The smallest absolute Gasteiger partial charge is 0.246 e. The van der Waals surface area contributed by atoms with Gasteiger partial charge in [0, 0.05) is 52.4 Å². The van der Waals surface area contributed by atoms with Gasteiger partial charge in [0.25, 0.3) is 0 Å². The van der Waals surface area contributed by atoms with Gasteiger partial charge in [-0.3, -0.25) is 0 Å². The molecule has 0 unspecified atom stereocenters. The van der Waals surface area contributed by atoms with E-state index in [9.17, 15) is 21.2 Å². The molecule has 0 saturated carbocycles. The van der Waals surface area contributed by atoms with Crippen molar-refractivity contribution in [3.63, 3.8) is 0 Å². The van der Waals surface area contributed by atoms with Crippen LogP contribution in [0.25, 0.3) is 0 Å². The van der Waals surface area contributed by atoms with Gasteiger partial charge in [0.1, 0.15) is 16.5 Å². The first-order valence-corrected chi connectivity index (χ1v) is 14.5. The molecule has 2 aromatic rings. The molecule has 0 amide bonds. The summed E-state index contributed by atoms with van der Waals surface area (Å²) in [6.45, 7) is 6.08. The van der Waals surface area contributed by atoms with E-state index >= 15 is 0 Å². The van der Waals surface area contributed by atoms with Gasteiger partial charge in [0.05, 0.1) is 17.7 Å². The zero-order valence-corrected chi connectivity index (χ0v) is 21.6. The Labute approximate surface area is 206 Å². The van der Waals surface area contributed by atoms with Crippen LogP contribution in [0, 0.1) is 5.82 Å².